The van der Waals surface area contributed by atoms with Gasteiger partial charge < -0.3 is 5.32 Å². The largest absolute Gasteiger partial charge is 0.317 e. The van der Waals surface area contributed by atoms with Crippen molar-refractivity contribution in [3.63, 3.8) is 0 Å². The van der Waals surface area contributed by atoms with Gasteiger partial charge in [-0.2, -0.15) is 0 Å². The van der Waals surface area contributed by atoms with Crippen molar-refractivity contribution in [2.75, 3.05) is 0 Å². The van der Waals surface area contributed by atoms with Crippen molar-refractivity contribution in [1.82, 2.24) is 5.32 Å². The van der Waals surface area contributed by atoms with Crippen molar-refractivity contribution < 1.29 is 9.59 Å². The summed E-state index contributed by atoms with van der Waals surface area (Å²) in [6, 6.07) is 8.70. The summed E-state index contributed by atoms with van der Waals surface area (Å²) >= 11 is 0. The van der Waals surface area contributed by atoms with Crippen LogP contribution in [0.3, 0.4) is 0 Å². The van der Waals surface area contributed by atoms with Gasteiger partial charge in [0.1, 0.15) is 5.70 Å². The molecule has 1 N–H and O–H groups in total. The van der Waals surface area contributed by atoms with Crippen LogP contribution in [-0.2, 0) is 4.79 Å². The maximum absolute atomic E-state index is 11.9. The Morgan fingerprint density at radius 1 is 1.16 bits per heavy atom. The number of allylic oxidation sites excluding steroid dienone is 2. The summed E-state index contributed by atoms with van der Waals surface area (Å²) in [6.07, 6.45) is 4.79. The number of nitrogens with one attached hydrogen (secondary N) is 1. The molecule has 19 heavy (non-hydrogen) atoms. The van der Waals surface area contributed by atoms with E-state index >= 15 is 0 Å². The van der Waals surface area contributed by atoms with Gasteiger partial charge >= 0.3 is 0 Å². The van der Waals surface area contributed by atoms with Crippen molar-refractivity contribution in [2.24, 2.45) is 9.98 Å². The Bertz CT molecular complexity index is 682. The zero-order valence-electron chi connectivity index (χ0n) is 9.83. The van der Waals surface area contributed by atoms with E-state index in [1.165, 1.54) is 0 Å². The molecule has 92 valence electrons. The summed E-state index contributed by atoms with van der Waals surface area (Å²) in [4.78, 5) is 31.2. The molecule has 0 spiro atoms. The molecule has 1 aromatic rings. The van der Waals surface area contributed by atoms with Crippen molar-refractivity contribution in [2.45, 2.75) is 0 Å². The van der Waals surface area contributed by atoms with Gasteiger partial charge in [0.25, 0.3) is 11.8 Å². The Morgan fingerprint density at radius 2 is 1.89 bits per heavy atom. The van der Waals surface area contributed by atoms with Crippen molar-refractivity contribution in [3.05, 3.63) is 59.4 Å². The van der Waals surface area contributed by atoms with E-state index < -0.39 is 5.91 Å². The number of rotatable bonds is 3. The predicted molar refractivity (Wildman–Crippen MR) is 71.0 cm³/mol. The first-order chi connectivity index (χ1) is 9.24. The lowest BCUT2D eigenvalue weighted by Crippen LogP contribution is -2.25. The third-order valence-electron chi connectivity index (χ3n) is 2.74. The molecule has 2 amide bonds. The molecule has 2 heterocycles. The highest BCUT2D eigenvalue weighted by Gasteiger charge is 2.22. The minimum absolute atomic E-state index is 0.185. The van der Waals surface area contributed by atoms with Gasteiger partial charge in [0.05, 0.1) is 5.71 Å². The van der Waals surface area contributed by atoms with Gasteiger partial charge in [-0.15, -0.1) is 0 Å². The van der Waals surface area contributed by atoms with E-state index in [4.69, 9.17) is 0 Å². The number of benzene rings is 1. The Morgan fingerprint density at radius 3 is 2.53 bits per heavy atom. The smallest absolute Gasteiger partial charge is 0.294 e. The fourth-order valence-corrected chi connectivity index (χ4v) is 1.70. The normalized spacial score (nSPS) is 16.4. The fourth-order valence-electron chi connectivity index (χ4n) is 1.70. The van der Waals surface area contributed by atoms with Crippen LogP contribution in [0.5, 0.6) is 0 Å². The van der Waals surface area contributed by atoms with Crippen LogP contribution in [0, 0.1) is 0 Å². The van der Waals surface area contributed by atoms with E-state index in [1.54, 1.807) is 42.8 Å². The van der Waals surface area contributed by atoms with E-state index in [0.717, 1.165) is 5.57 Å². The standard InChI is InChI=1S/C14H9N3O2/c18-13(9-4-2-1-3-5-9)17-12-6-11(16-14(12)19)10-7-15-8-10/h1-8H,(H,16,17,18,19). The Balaban J connectivity index is 1.75. The molecule has 2 aliphatic heterocycles. The second-order valence-electron chi connectivity index (χ2n) is 4.04. The highest BCUT2D eigenvalue weighted by Crippen LogP contribution is 2.14. The quantitative estimate of drug-likeness (QED) is 0.878. The zero-order valence-corrected chi connectivity index (χ0v) is 9.83. The van der Waals surface area contributed by atoms with Crippen LogP contribution in [0.15, 0.2) is 63.9 Å². The number of carbonyl (C=O) groups excluding carboxylic acids is 2. The van der Waals surface area contributed by atoms with E-state index in [0.29, 0.717) is 11.3 Å². The highest BCUT2D eigenvalue weighted by molar-refractivity contribution is 6.31. The first-order valence-corrected chi connectivity index (χ1v) is 5.69. The van der Waals surface area contributed by atoms with Crippen LogP contribution < -0.4 is 5.32 Å². The Hall–Kier alpha value is -2.82. The Kier molecular flexibility index (Phi) is 2.64. The van der Waals surface area contributed by atoms with Gasteiger partial charge in [-0.1, -0.05) is 18.2 Å². The topological polar surface area (TPSA) is 70.9 Å². The van der Waals surface area contributed by atoms with Crippen LogP contribution in [0.4, 0.5) is 0 Å². The van der Waals surface area contributed by atoms with Crippen LogP contribution in [0.25, 0.3) is 0 Å². The lowest BCUT2D eigenvalue weighted by molar-refractivity contribution is -0.114. The molecular weight excluding hydrogens is 242 g/mol. The monoisotopic (exact) mass is 251 g/mol. The molecule has 1 aromatic carbocycles. The van der Waals surface area contributed by atoms with Crippen molar-refractivity contribution >= 4 is 23.7 Å². The van der Waals surface area contributed by atoms with Gasteiger partial charge in [0.2, 0.25) is 0 Å². The first-order valence-electron chi connectivity index (χ1n) is 5.69. The molecule has 0 aliphatic carbocycles. The minimum Gasteiger partial charge on any atom is -0.317 e. The second kappa shape index (κ2) is 4.45. The molecule has 2 aliphatic rings. The first kappa shape index (κ1) is 11.3. The number of aliphatic imine (C=N–C) groups is 2. The van der Waals surface area contributed by atoms with Gasteiger partial charge in [0, 0.05) is 23.6 Å². The molecule has 3 rings (SSSR count). The van der Waals surface area contributed by atoms with E-state index in [9.17, 15) is 9.59 Å². The van der Waals surface area contributed by atoms with Crippen LogP contribution in [0.1, 0.15) is 10.4 Å². The third-order valence-corrected chi connectivity index (χ3v) is 2.74. The maximum Gasteiger partial charge on any atom is 0.294 e. The molecular formula is C14H9N3O2. The summed E-state index contributed by atoms with van der Waals surface area (Å²) in [5, 5.41) is 2.56. The lowest BCUT2D eigenvalue weighted by Gasteiger charge is -2.03. The van der Waals surface area contributed by atoms with Gasteiger partial charge in [-0.05, 0) is 18.2 Å². The highest BCUT2D eigenvalue weighted by atomic mass is 16.2. The fraction of sp³-hybridized carbons (Fsp3) is 0. The van der Waals surface area contributed by atoms with E-state index in [1.807, 2.05) is 6.07 Å². The summed E-state index contributed by atoms with van der Waals surface area (Å²) in [7, 11) is 0. The van der Waals surface area contributed by atoms with Crippen LogP contribution in [-0.4, -0.2) is 23.7 Å². The van der Waals surface area contributed by atoms with Gasteiger partial charge in [0.15, 0.2) is 0 Å². The summed E-state index contributed by atoms with van der Waals surface area (Å²) in [5.41, 5.74) is 2.00. The number of nitrogens with zero attached hydrogens (tertiary/aromatic N) is 2. The molecule has 0 aromatic heterocycles. The summed E-state index contributed by atoms with van der Waals surface area (Å²) in [6.45, 7) is 0. The third kappa shape index (κ3) is 2.13. The number of carbonyl (C=O) groups is 2. The molecule has 5 nitrogen and oxygen atoms in total. The van der Waals surface area contributed by atoms with E-state index in [2.05, 4.69) is 15.3 Å². The summed E-state index contributed by atoms with van der Waals surface area (Å²) in [5.74, 6) is -0.770. The molecule has 0 unspecified atom stereocenters. The number of hydrogen-bond acceptors (Lipinski definition) is 3. The van der Waals surface area contributed by atoms with Gasteiger partial charge in [-0.25, -0.2) is 4.99 Å². The summed E-state index contributed by atoms with van der Waals surface area (Å²) < 4.78 is 0. The molecule has 0 saturated heterocycles. The number of hydrogen-bond donors (Lipinski definition) is 1. The molecule has 0 bridgehead atoms. The van der Waals surface area contributed by atoms with E-state index in [-0.39, 0.29) is 11.6 Å². The molecule has 0 saturated carbocycles. The average Bonchev–Trinajstić information content (AvgIpc) is 2.69. The average molecular weight is 251 g/mol. The zero-order chi connectivity index (χ0) is 13.2. The Labute approximate surface area is 109 Å². The molecule has 0 radical (unpaired) electrons. The van der Waals surface area contributed by atoms with Crippen molar-refractivity contribution in [3.8, 4) is 0 Å². The van der Waals surface area contributed by atoms with Crippen LogP contribution >= 0.6 is 0 Å². The second-order valence-corrected chi connectivity index (χ2v) is 4.04. The molecule has 0 atom stereocenters. The van der Waals surface area contributed by atoms with Crippen LogP contribution in [0.2, 0.25) is 0 Å². The van der Waals surface area contributed by atoms with Gasteiger partial charge in [-0.3, -0.25) is 14.6 Å². The minimum atomic E-state index is -0.444. The lowest BCUT2D eigenvalue weighted by atomic mass is 10.1. The number of amides is 2. The van der Waals surface area contributed by atoms with Crippen molar-refractivity contribution in [1.29, 1.82) is 0 Å². The predicted octanol–water partition coefficient (Wildman–Crippen LogP) is 1.25. The molecule has 5 heteroatoms. The maximum atomic E-state index is 11.9. The SMILES string of the molecule is O=C1N=C(C2=CN=C2)C=C1NC(=O)c1ccccc1. The molecule has 0 fully saturated rings.